The van der Waals surface area contributed by atoms with Crippen LogP contribution >= 0.6 is 23.2 Å². The molecule has 0 aromatic heterocycles. The molecule has 3 atom stereocenters. The molecular formula is C28H26Cl2N2O5. The largest absolute Gasteiger partial charge is 0.493 e. The summed E-state index contributed by atoms with van der Waals surface area (Å²) in [5.41, 5.74) is 1.84. The molecule has 0 radical (unpaired) electrons. The Morgan fingerprint density at radius 2 is 1.68 bits per heavy atom. The van der Waals surface area contributed by atoms with E-state index in [9.17, 15) is 9.59 Å². The lowest BCUT2D eigenvalue weighted by Crippen LogP contribution is -2.37. The smallest absolute Gasteiger partial charge is 0.266 e. The maximum Gasteiger partial charge on any atom is 0.266 e. The first-order chi connectivity index (χ1) is 17.9. The number of carbonyl (C=O) groups is 2. The van der Waals surface area contributed by atoms with Gasteiger partial charge in [0.1, 0.15) is 5.92 Å². The van der Waals surface area contributed by atoms with Gasteiger partial charge in [-0.25, -0.2) is 9.96 Å². The molecule has 2 fully saturated rings. The lowest BCUT2D eigenvalue weighted by Gasteiger charge is -2.29. The van der Waals surface area contributed by atoms with Crippen LogP contribution in [0.5, 0.6) is 11.5 Å². The number of ether oxygens (including phenoxy) is 2. The zero-order valence-corrected chi connectivity index (χ0v) is 21.9. The van der Waals surface area contributed by atoms with Crippen molar-refractivity contribution in [1.29, 1.82) is 0 Å². The van der Waals surface area contributed by atoms with Gasteiger partial charge in [-0.3, -0.25) is 14.4 Å². The van der Waals surface area contributed by atoms with Gasteiger partial charge in [0, 0.05) is 0 Å². The minimum Gasteiger partial charge on any atom is -0.493 e. The second kappa shape index (κ2) is 10.6. The molecular weight excluding hydrogens is 515 g/mol. The van der Waals surface area contributed by atoms with Crippen LogP contribution in [0.2, 0.25) is 10.0 Å². The first-order valence-electron chi connectivity index (χ1n) is 12.1. The Hall–Kier alpha value is -3.26. The molecule has 0 bridgehead atoms. The molecule has 192 valence electrons. The van der Waals surface area contributed by atoms with Gasteiger partial charge in [-0.05, 0) is 54.4 Å². The van der Waals surface area contributed by atoms with E-state index in [0.29, 0.717) is 28.8 Å². The number of halogens is 2. The summed E-state index contributed by atoms with van der Waals surface area (Å²) in [6, 6.07) is 19.0. The van der Waals surface area contributed by atoms with Crippen LogP contribution in [0.15, 0.2) is 66.7 Å². The summed E-state index contributed by atoms with van der Waals surface area (Å²) < 4.78 is 11.5. The minimum atomic E-state index is -1.00. The van der Waals surface area contributed by atoms with Gasteiger partial charge in [-0.2, -0.15) is 0 Å². The number of benzene rings is 3. The highest BCUT2D eigenvalue weighted by Gasteiger charge is 2.60. The summed E-state index contributed by atoms with van der Waals surface area (Å²) in [5.74, 6) is -0.461. The van der Waals surface area contributed by atoms with Gasteiger partial charge in [0.2, 0.25) is 5.91 Å². The van der Waals surface area contributed by atoms with Gasteiger partial charge in [-0.1, -0.05) is 60.8 Å². The molecule has 7 nitrogen and oxygen atoms in total. The number of fused-ring (bicyclic) bond motifs is 1. The number of amides is 2. The number of para-hydroxylation sites is 1. The van der Waals surface area contributed by atoms with Gasteiger partial charge >= 0.3 is 0 Å². The first-order valence-corrected chi connectivity index (χ1v) is 12.8. The highest BCUT2D eigenvalue weighted by atomic mass is 35.5. The quantitative estimate of drug-likeness (QED) is 0.249. The van der Waals surface area contributed by atoms with Crippen LogP contribution in [-0.2, 0) is 14.4 Å². The number of carbonyl (C=O) groups excluding carboxylic acids is 2. The molecule has 5 rings (SSSR count). The first kappa shape index (κ1) is 25.4. The molecule has 2 heterocycles. The van der Waals surface area contributed by atoms with E-state index in [1.54, 1.807) is 24.3 Å². The van der Waals surface area contributed by atoms with Crippen molar-refractivity contribution in [2.24, 2.45) is 5.92 Å². The SMILES string of the molecule is CCCCOc1ccc([C@H]2[C@H]3C(=O)N(c4ccc(Cl)c(Cl)c4)C(=O)[C@H]3ON2c2ccccc2)cc1OC. The van der Waals surface area contributed by atoms with E-state index in [1.807, 2.05) is 48.5 Å². The predicted molar refractivity (Wildman–Crippen MR) is 142 cm³/mol. The molecule has 0 spiro atoms. The summed E-state index contributed by atoms with van der Waals surface area (Å²) in [7, 11) is 1.57. The highest BCUT2D eigenvalue weighted by molar-refractivity contribution is 6.42. The van der Waals surface area contributed by atoms with Crippen molar-refractivity contribution in [2.75, 3.05) is 23.7 Å². The van der Waals surface area contributed by atoms with Crippen molar-refractivity contribution in [3.63, 3.8) is 0 Å². The standard InChI is InChI=1S/C28H26Cl2N2O5/c1-3-4-14-36-22-13-10-17(15-23(22)35-2)25-24-26(37-32(25)18-8-6-5-7-9-18)28(34)31(27(24)33)19-11-12-20(29)21(30)16-19/h5-13,15-16,24-26H,3-4,14H2,1-2H3/t24-,25+,26+/m1/s1. The average molecular weight is 541 g/mol. The molecule has 3 aromatic rings. The fourth-order valence-electron chi connectivity index (χ4n) is 4.74. The fourth-order valence-corrected chi connectivity index (χ4v) is 5.04. The van der Waals surface area contributed by atoms with E-state index in [1.165, 1.54) is 6.07 Å². The Balaban J connectivity index is 1.55. The Morgan fingerprint density at radius 1 is 0.892 bits per heavy atom. The number of imide groups is 1. The molecule has 2 aliphatic rings. The molecule has 37 heavy (non-hydrogen) atoms. The van der Waals surface area contributed by atoms with Gasteiger partial charge < -0.3 is 9.47 Å². The zero-order valence-electron chi connectivity index (χ0n) is 20.4. The van der Waals surface area contributed by atoms with Crippen molar-refractivity contribution >= 4 is 46.4 Å². The van der Waals surface area contributed by atoms with Crippen LogP contribution in [-0.4, -0.2) is 31.6 Å². The third kappa shape index (κ3) is 4.63. The molecule has 9 heteroatoms. The van der Waals surface area contributed by atoms with Crippen LogP contribution in [0, 0.1) is 5.92 Å². The molecule has 2 aliphatic heterocycles. The van der Waals surface area contributed by atoms with E-state index in [0.717, 1.165) is 29.0 Å². The van der Waals surface area contributed by atoms with Crippen molar-refractivity contribution in [3.05, 3.63) is 82.3 Å². The monoisotopic (exact) mass is 540 g/mol. The number of hydrogen-bond donors (Lipinski definition) is 0. The van der Waals surface area contributed by atoms with Gasteiger partial charge in [0.25, 0.3) is 5.91 Å². The number of rotatable bonds is 8. The number of unbranched alkanes of at least 4 members (excludes halogenated alkanes) is 1. The van der Waals surface area contributed by atoms with Crippen molar-refractivity contribution in [3.8, 4) is 11.5 Å². The maximum absolute atomic E-state index is 13.8. The lowest BCUT2D eigenvalue weighted by atomic mass is 9.90. The highest BCUT2D eigenvalue weighted by Crippen LogP contribution is 2.49. The summed E-state index contributed by atoms with van der Waals surface area (Å²) in [6.07, 6.45) is 0.938. The zero-order chi connectivity index (χ0) is 26.1. The van der Waals surface area contributed by atoms with E-state index in [4.69, 9.17) is 37.5 Å². The molecule has 0 N–H and O–H groups in total. The minimum absolute atomic E-state index is 0.253. The Morgan fingerprint density at radius 3 is 2.38 bits per heavy atom. The molecule has 0 unspecified atom stereocenters. The molecule has 0 saturated carbocycles. The number of hydroxylamine groups is 1. The molecule has 3 aromatic carbocycles. The van der Waals surface area contributed by atoms with Gasteiger partial charge in [0.15, 0.2) is 17.6 Å². The summed E-state index contributed by atoms with van der Waals surface area (Å²) in [6.45, 7) is 2.67. The van der Waals surface area contributed by atoms with E-state index < -0.39 is 24.0 Å². The van der Waals surface area contributed by atoms with Crippen LogP contribution < -0.4 is 19.4 Å². The third-order valence-electron chi connectivity index (χ3n) is 6.57. The Bertz CT molecular complexity index is 1320. The van der Waals surface area contributed by atoms with Crippen LogP contribution in [0.4, 0.5) is 11.4 Å². The lowest BCUT2D eigenvalue weighted by molar-refractivity contribution is -0.126. The molecule has 2 amide bonds. The number of hydrogen-bond acceptors (Lipinski definition) is 6. The number of methoxy groups -OCH3 is 1. The van der Waals surface area contributed by atoms with Crippen molar-refractivity contribution in [2.45, 2.75) is 31.9 Å². The van der Waals surface area contributed by atoms with Gasteiger partial charge in [-0.15, -0.1) is 0 Å². The second-order valence-electron chi connectivity index (χ2n) is 8.88. The van der Waals surface area contributed by atoms with E-state index in [-0.39, 0.29) is 10.9 Å². The summed E-state index contributed by atoms with van der Waals surface area (Å²) in [4.78, 5) is 34.7. The Kier molecular flexibility index (Phi) is 7.29. The van der Waals surface area contributed by atoms with Crippen molar-refractivity contribution < 1.29 is 23.9 Å². The van der Waals surface area contributed by atoms with Crippen LogP contribution in [0.25, 0.3) is 0 Å². The maximum atomic E-state index is 13.8. The molecule has 0 aliphatic carbocycles. The fraction of sp³-hybridized carbons (Fsp3) is 0.286. The van der Waals surface area contributed by atoms with Crippen LogP contribution in [0.1, 0.15) is 31.4 Å². The van der Waals surface area contributed by atoms with Gasteiger partial charge in [0.05, 0.1) is 41.2 Å². The molecule has 2 saturated heterocycles. The second-order valence-corrected chi connectivity index (χ2v) is 9.69. The third-order valence-corrected chi connectivity index (χ3v) is 7.31. The Labute approximate surface area is 225 Å². The topological polar surface area (TPSA) is 68.3 Å². The van der Waals surface area contributed by atoms with E-state index >= 15 is 0 Å². The number of nitrogens with zero attached hydrogens (tertiary/aromatic N) is 2. The normalized spacial score (nSPS) is 20.9. The van der Waals surface area contributed by atoms with Crippen LogP contribution in [0.3, 0.4) is 0 Å². The average Bonchev–Trinajstić information content (AvgIpc) is 3.42. The van der Waals surface area contributed by atoms with Crippen molar-refractivity contribution in [1.82, 2.24) is 0 Å². The predicted octanol–water partition coefficient (Wildman–Crippen LogP) is 6.23. The number of anilines is 2. The summed E-state index contributed by atoms with van der Waals surface area (Å²) in [5, 5.41) is 2.23. The van der Waals surface area contributed by atoms with E-state index in [2.05, 4.69) is 6.92 Å². The summed E-state index contributed by atoms with van der Waals surface area (Å²) >= 11 is 12.2.